The second-order valence-electron chi connectivity index (χ2n) is 6.26. The van der Waals surface area contributed by atoms with Gasteiger partial charge < -0.3 is 5.32 Å². The molecule has 3 atom stereocenters. The van der Waals surface area contributed by atoms with Crippen LogP contribution in [-0.2, 0) is 0 Å². The van der Waals surface area contributed by atoms with Crippen LogP contribution in [0.2, 0.25) is 0 Å². The van der Waals surface area contributed by atoms with Crippen LogP contribution in [0.4, 0.5) is 0 Å². The van der Waals surface area contributed by atoms with E-state index < -0.39 is 0 Å². The molecule has 0 bridgehead atoms. The van der Waals surface area contributed by atoms with Crippen LogP contribution in [0.15, 0.2) is 30.3 Å². The summed E-state index contributed by atoms with van der Waals surface area (Å²) in [5.41, 5.74) is 1.42. The lowest BCUT2D eigenvalue weighted by atomic mass is 9.82. The molecule has 1 heteroatoms. The highest BCUT2D eigenvalue weighted by atomic mass is 14.9. The Morgan fingerprint density at radius 1 is 1.00 bits per heavy atom. The first-order chi connectivity index (χ1) is 8.83. The Morgan fingerprint density at radius 2 is 1.78 bits per heavy atom. The Labute approximate surface area is 111 Å². The third kappa shape index (κ3) is 2.95. The predicted molar refractivity (Wildman–Crippen MR) is 76.5 cm³/mol. The quantitative estimate of drug-likeness (QED) is 0.831. The molecule has 0 aliphatic heterocycles. The lowest BCUT2D eigenvalue weighted by molar-refractivity contribution is 0.249. The van der Waals surface area contributed by atoms with Gasteiger partial charge in [-0.05, 0) is 50.0 Å². The molecule has 98 valence electrons. The van der Waals surface area contributed by atoms with E-state index in [2.05, 4.69) is 42.6 Å². The van der Waals surface area contributed by atoms with Crippen molar-refractivity contribution in [1.82, 2.24) is 5.32 Å². The number of nitrogens with one attached hydrogen (secondary N) is 1. The molecule has 2 aliphatic carbocycles. The molecule has 2 fully saturated rings. The second-order valence-corrected chi connectivity index (χ2v) is 6.26. The molecule has 1 aromatic rings. The van der Waals surface area contributed by atoms with Gasteiger partial charge in [-0.3, -0.25) is 0 Å². The van der Waals surface area contributed by atoms with Crippen LogP contribution >= 0.6 is 0 Å². The molecule has 2 aliphatic rings. The fourth-order valence-corrected chi connectivity index (χ4v) is 3.57. The van der Waals surface area contributed by atoms with Crippen LogP contribution < -0.4 is 5.32 Å². The molecule has 0 amide bonds. The number of benzene rings is 1. The fraction of sp³-hybridized carbons (Fsp3) is 0.647. The van der Waals surface area contributed by atoms with Gasteiger partial charge in [0.25, 0.3) is 0 Å². The van der Waals surface area contributed by atoms with Crippen molar-refractivity contribution in [1.29, 1.82) is 0 Å². The standard InChI is InChI=1S/C17H25N/c1-13(14-6-3-2-4-7-14)18-17-9-5-8-16(12-17)15-10-11-15/h2-4,6-7,13,15-18H,5,8-12H2,1H3/t13-,16?,17?/m0/s1. The second kappa shape index (κ2) is 5.44. The minimum Gasteiger partial charge on any atom is -0.307 e. The predicted octanol–water partition coefficient (Wildman–Crippen LogP) is 4.31. The zero-order valence-electron chi connectivity index (χ0n) is 11.4. The molecule has 2 saturated carbocycles. The Bertz CT molecular complexity index is 368. The van der Waals surface area contributed by atoms with E-state index in [0.29, 0.717) is 6.04 Å². The maximum atomic E-state index is 3.85. The van der Waals surface area contributed by atoms with Crippen molar-refractivity contribution in [3.8, 4) is 0 Å². The van der Waals surface area contributed by atoms with Gasteiger partial charge in [0, 0.05) is 12.1 Å². The van der Waals surface area contributed by atoms with Crippen molar-refractivity contribution >= 4 is 0 Å². The van der Waals surface area contributed by atoms with E-state index in [1.165, 1.54) is 44.1 Å². The van der Waals surface area contributed by atoms with E-state index in [-0.39, 0.29) is 0 Å². The Hall–Kier alpha value is -0.820. The number of hydrogen-bond acceptors (Lipinski definition) is 1. The molecule has 0 heterocycles. The zero-order chi connectivity index (χ0) is 12.4. The van der Waals surface area contributed by atoms with Gasteiger partial charge in [-0.2, -0.15) is 0 Å². The van der Waals surface area contributed by atoms with Gasteiger partial charge in [0.15, 0.2) is 0 Å². The molecule has 1 nitrogen and oxygen atoms in total. The molecule has 1 aromatic carbocycles. The van der Waals surface area contributed by atoms with E-state index in [4.69, 9.17) is 0 Å². The van der Waals surface area contributed by atoms with Crippen molar-refractivity contribution in [3.63, 3.8) is 0 Å². The third-order valence-electron chi connectivity index (χ3n) is 4.79. The lowest BCUT2D eigenvalue weighted by Gasteiger charge is -2.32. The topological polar surface area (TPSA) is 12.0 Å². The Morgan fingerprint density at radius 3 is 2.50 bits per heavy atom. The molecule has 0 spiro atoms. The van der Waals surface area contributed by atoms with Gasteiger partial charge in [0.05, 0.1) is 0 Å². The first-order valence-electron chi connectivity index (χ1n) is 7.64. The highest BCUT2D eigenvalue weighted by Gasteiger charge is 2.34. The lowest BCUT2D eigenvalue weighted by Crippen LogP contribution is -2.36. The van der Waals surface area contributed by atoms with E-state index in [1.807, 2.05) is 0 Å². The van der Waals surface area contributed by atoms with Gasteiger partial charge in [-0.25, -0.2) is 0 Å². The van der Waals surface area contributed by atoms with Crippen molar-refractivity contribution in [2.24, 2.45) is 11.8 Å². The minimum atomic E-state index is 0.495. The molecule has 3 rings (SSSR count). The summed E-state index contributed by atoms with van der Waals surface area (Å²) >= 11 is 0. The van der Waals surface area contributed by atoms with E-state index >= 15 is 0 Å². The molecule has 0 saturated heterocycles. The normalized spacial score (nSPS) is 30.1. The van der Waals surface area contributed by atoms with E-state index in [1.54, 1.807) is 0 Å². The summed E-state index contributed by atoms with van der Waals surface area (Å²) in [5.74, 6) is 2.11. The summed E-state index contributed by atoms with van der Waals surface area (Å²) in [7, 11) is 0. The summed E-state index contributed by atoms with van der Waals surface area (Å²) in [6, 6.07) is 12.1. The van der Waals surface area contributed by atoms with Gasteiger partial charge in [-0.1, -0.05) is 43.2 Å². The SMILES string of the molecule is C[C@H](NC1CCCC(C2CC2)C1)c1ccccc1. The molecule has 0 radical (unpaired) electrons. The van der Waals surface area contributed by atoms with Crippen LogP contribution in [-0.4, -0.2) is 6.04 Å². The summed E-state index contributed by atoms with van der Waals surface area (Å²) in [4.78, 5) is 0. The van der Waals surface area contributed by atoms with Gasteiger partial charge in [0.1, 0.15) is 0 Å². The average Bonchev–Trinajstić information content (AvgIpc) is 3.24. The largest absolute Gasteiger partial charge is 0.307 e. The highest BCUT2D eigenvalue weighted by molar-refractivity contribution is 5.18. The first-order valence-corrected chi connectivity index (χ1v) is 7.64. The summed E-state index contributed by atoms with van der Waals surface area (Å²) in [6.07, 6.45) is 8.72. The van der Waals surface area contributed by atoms with Crippen LogP contribution in [0.3, 0.4) is 0 Å². The van der Waals surface area contributed by atoms with Gasteiger partial charge >= 0.3 is 0 Å². The summed E-state index contributed by atoms with van der Waals surface area (Å²) in [5, 5.41) is 3.85. The molecule has 2 unspecified atom stereocenters. The van der Waals surface area contributed by atoms with Crippen LogP contribution in [0.25, 0.3) is 0 Å². The van der Waals surface area contributed by atoms with Crippen LogP contribution in [0, 0.1) is 11.8 Å². The smallest absolute Gasteiger partial charge is 0.0294 e. The van der Waals surface area contributed by atoms with Crippen LogP contribution in [0.1, 0.15) is 57.1 Å². The molecular weight excluding hydrogens is 218 g/mol. The Balaban J connectivity index is 1.55. The number of rotatable bonds is 4. The first kappa shape index (κ1) is 12.2. The third-order valence-corrected chi connectivity index (χ3v) is 4.79. The van der Waals surface area contributed by atoms with Crippen molar-refractivity contribution in [2.75, 3.05) is 0 Å². The zero-order valence-corrected chi connectivity index (χ0v) is 11.4. The highest BCUT2D eigenvalue weighted by Crippen LogP contribution is 2.44. The van der Waals surface area contributed by atoms with Crippen molar-refractivity contribution in [3.05, 3.63) is 35.9 Å². The van der Waals surface area contributed by atoms with Gasteiger partial charge in [0.2, 0.25) is 0 Å². The maximum Gasteiger partial charge on any atom is 0.0294 e. The minimum absolute atomic E-state index is 0.495. The summed E-state index contributed by atoms with van der Waals surface area (Å²) < 4.78 is 0. The molecule has 1 N–H and O–H groups in total. The average molecular weight is 243 g/mol. The number of hydrogen-bond donors (Lipinski definition) is 1. The Kier molecular flexibility index (Phi) is 3.69. The molecule has 0 aromatic heterocycles. The van der Waals surface area contributed by atoms with Crippen molar-refractivity contribution < 1.29 is 0 Å². The van der Waals surface area contributed by atoms with E-state index in [0.717, 1.165) is 17.9 Å². The maximum absolute atomic E-state index is 3.85. The van der Waals surface area contributed by atoms with E-state index in [9.17, 15) is 0 Å². The monoisotopic (exact) mass is 243 g/mol. The molecular formula is C17H25N. The molecule has 18 heavy (non-hydrogen) atoms. The fourth-order valence-electron chi connectivity index (χ4n) is 3.57. The van der Waals surface area contributed by atoms with Gasteiger partial charge in [-0.15, -0.1) is 0 Å². The van der Waals surface area contributed by atoms with Crippen LogP contribution in [0.5, 0.6) is 0 Å². The van der Waals surface area contributed by atoms with Crippen molar-refractivity contribution in [2.45, 2.75) is 57.5 Å². The summed E-state index contributed by atoms with van der Waals surface area (Å²) in [6.45, 7) is 2.30.